The summed E-state index contributed by atoms with van der Waals surface area (Å²) in [5.41, 5.74) is 0.437. The molecule has 0 aliphatic rings. The smallest absolute Gasteiger partial charge is 0.247 e. The van der Waals surface area contributed by atoms with Crippen molar-refractivity contribution < 1.29 is 18.3 Å². The summed E-state index contributed by atoms with van der Waals surface area (Å²) in [5, 5.41) is 5.89. The molecule has 0 aromatic heterocycles. The third-order valence-electron chi connectivity index (χ3n) is 2.36. The third-order valence-corrected chi connectivity index (χ3v) is 3.94. The second kappa shape index (κ2) is 9.94. The number of amides is 1. The highest BCUT2D eigenvalue weighted by Gasteiger charge is 2.13. The number of ether oxygens (including phenoxy) is 1. The maximum absolute atomic E-state index is 12.3. The quantitative estimate of drug-likeness (QED) is 0.537. The molecule has 0 aliphatic heterocycles. The summed E-state index contributed by atoms with van der Waals surface area (Å²) < 4.78 is 29.5. The molecule has 21 heavy (non-hydrogen) atoms. The minimum atomic E-state index is -2.44. The van der Waals surface area contributed by atoms with Crippen LogP contribution in [0, 0.1) is 0 Å². The Bertz CT molecular complexity index is 464. The third kappa shape index (κ3) is 7.08. The first-order chi connectivity index (χ1) is 10.0. The van der Waals surface area contributed by atoms with Crippen LogP contribution in [-0.2, 0) is 9.53 Å². The van der Waals surface area contributed by atoms with Crippen molar-refractivity contribution in [2.75, 3.05) is 37.9 Å². The Labute approximate surface area is 131 Å². The molecular formula is C13H17ClF2N2O2S. The van der Waals surface area contributed by atoms with Crippen molar-refractivity contribution in [2.45, 2.75) is 11.3 Å². The number of carbonyl (C=O) groups is 1. The van der Waals surface area contributed by atoms with Gasteiger partial charge in [-0.1, -0.05) is 17.7 Å². The summed E-state index contributed by atoms with van der Waals surface area (Å²) in [4.78, 5) is 12.2. The highest BCUT2D eigenvalue weighted by atomic mass is 35.5. The number of thioether (sulfide) groups is 1. The summed E-state index contributed by atoms with van der Waals surface area (Å²) >= 11 is 6.91. The Kier molecular flexibility index (Phi) is 8.60. The number of hydrogen-bond donors (Lipinski definition) is 2. The van der Waals surface area contributed by atoms with E-state index in [-0.39, 0.29) is 18.2 Å². The van der Waals surface area contributed by atoms with Crippen LogP contribution in [0.25, 0.3) is 0 Å². The van der Waals surface area contributed by atoms with Crippen LogP contribution >= 0.6 is 23.4 Å². The molecule has 0 heterocycles. The molecule has 2 N–H and O–H groups in total. The monoisotopic (exact) mass is 338 g/mol. The molecule has 0 saturated heterocycles. The normalized spacial score (nSPS) is 10.9. The maximum atomic E-state index is 12.3. The Hall–Kier alpha value is -0.890. The van der Waals surface area contributed by atoms with Crippen molar-refractivity contribution in [1.29, 1.82) is 0 Å². The Balaban J connectivity index is 2.60. The Morgan fingerprint density at radius 2 is 2.24 bits per heavy atom. The van der Waals surface area contributed by atoms with E-state index in [2.05, 4.69) is 10.6 Å². The fraction of sp³-hybridized carbons (Fsp3) is 0.462. The number of nitrogens with one attached hydrogen (secondary N) is 2. The molecule has 8 heteroatoms. The molecule has 1 amide bonds. The van der Waals surface area contributed by atoms with Gasteiger partial charge in [0.1, 0.15) is 0 Å². The first-order valence-electron chi connectivity index (χ1n) is 6.23. The number of halogens is 3. The van der Waals surface area contributed by atoms with Gasteiger partial charge in [-0.15, -0.1) is 11.8 Å². The van der Waals surface area contributed by atoms with Gasteiger partial charge in [-0.05, 0) is 12.1 Å². The van der Waals surface area contributed by atoms with Crippen LogP contribution in [0.3, 0.4) is 0 Å². The van der Waals surface area contributed by atoms with Gasteiger partial charge in [-0.3, -0.25) is 4.79 Å². The van der Waals surface area contributed by atoms with Crippen LogP contribution in [0.2, 0.25) is 5.02 Å². The first-order valence-corrected chi connectivity index (χ1v) is 7.60. The predicted octanol–water partition coefficient (Wildman–Crippen LogP) is 2.87. The van der Waals surface area contributed by atoms with Crippen LogP contribution in [0.15, 0.2) is 23.1 Å². The van der Waals surface area contributed by atoms with Gasteiger partial charge in [0.25, 0.3) is 0 Å². The zero-order valence-corrected chi connectivity index (χ0v) is 13.1. The van der Waals surface area contributed by atoms with Crippen molar-refractivity contribution in [3.05, 3.63) is 23.2 Å². The fourth-order valence-corrected chi connectivity index (χ4v) is 2.58. The molecule has 0 bridgehead atoms. The molecule has 0 atom stereocenters. The Morgan fingerprint density at radius 3 is 2.90 bits per heavy atom. The molecule has 0 aliphatic carbocycles. The van der Waals surface area contributed by atoms with Crippen molar-refractivity contribution in [3.8, 4) is 0 Å². The topological polar surface area (TPSA) is 50.4 Å². The van der Waals surface area contributed by atoms with Crippen LogP contribution < -0.4 is 10.6 Å². The van der Waals surface area contributed by atoms with E-state index in [0.29, 0.717) is 28.8 Å². The molecule has 0 unspecified atom stereocenters. The van der Waals surface area contributed by atoms with E-state index in [4.69, 9.17) is 16.3 Å². The minimum absolute atomic E-state index is 0.106. The van der Waals surface area contributed by atoms with Gasteiger partial charge in [0, 0.05) is 18.6 Å². The van der Waals surface area contributed by atoms with Crippen molar-refractivity contribution in [3.63, 3.8) is 0 Å². The zero-order valence-electron chi connectivity index (χ0n) is 11.5. The van der Waals surface area contributed by atoms with E-state index in [1.165, 1.54) is 0 Å². The molecular weight excluding hydrogens is 322 g/mol. The molecule has 4 nitrogen and oxygen atoms in total. The highest BCUT2D eigenvalue weighted by molar-refractivity contribution is 7.99. The van der Waals surface area contributed by atoms with Gasteiger partial charge in [0.15, 0.2) is 0 Å². The summed E-state index contributed by atoms with van der Waals surface area (Å²) in [6.07, 6.45) is -2.44. The van der Waals surface area contributed by atoms with Gasteiger partial charge in [0.05, 0.1) is 29.6 Å². The molecule has 0 fully saturated rings. The minimum Gasteiger partial charge on any atom is -0.383 e. The van der Waals surface area contributed by atoms with Gasteiger partial charge in [0.2, 0.25) is 12.3 Å². The molecule has 1 aromatic rings. The molecule has 0 saturated carbocycles. The van der Waals surface area contributed by atoms with Crippen LogP contribution in [0.4, 0.5) is 14.5 Å². The lowest BCUT2D eigenvalue weighted by atomic mass is 10.3. The van der Waals surface area contributed by atoms with E-state index >= 15 is 0 Å². The van der Waals surface area contributed by atoms with Gasteiger partial charge < -0.3 is 15.4 Å². The second-order valence-electron chi connectivity index (χ2n) is 4.04. The van der Waals surface area contributed by atoms with Crippen molar-refractivity contribution >= 4 is 35.0 Å². The number of hydrogen-bond acceptors (Lipinski definition) is 4. The van der Waals surface area contributed by atoms with E-state index in [9.17, 15) is 13.6 Å². The average Bonchev–Trinajstić information content (AvgIpc) is 2.43. The van der Waals surface area contributed by atoms with Crippen LogP contribution in [0.5, 0.6) is 0 Å². The first kappa shape index (κ1) is 18.2. The maximum Gasteiger partial charge on any atom is 0.247 e. The van der Waals surface area contributed by atoms with Gasteiger partial charge in [-0.25, -0.2) is 8.78 Å². The van der Waals surface area contributed by atoms with Crippen molar-refractivity contribution in [2.24, 2.45) is 0 Å². The van der Waals surface area contributed by atoms with E-state index in [1.807, 2.05) is 0 Å². The lowest BCUT2D eigenvalue weighted by Crippen LogP contribution is -2.30. The number of alkyl halides is 2. The highest BCUT2D eigenvalue weighted by Crippen LogP contribution is 2.34. The number of benzene rings is 1. The second-order valence-corrected chi connectivity index (χ2v) is 5.47. The molecule has 118 valence electrons. The van der Waals surface area contributed by atoms with Crippen LogP contribution in [0.1, 0.15) is 0 Å². The summed E-state index contributed by atoms with van der Waals surface area (Å²) in [7, 11) is 1.57. The molecule has 1 rings (SSSR count). The average molecular weight is 339 g/mol. The summed E-state index contributed by atoms with van der Waals surface area (Å²) in [6, 6.07) is 4.89. The van der Waals surface area contributed by atoms with Gasteiger partial charge in [-0.2, -0.15) is 0 Å². The largest absolute Gasteiger partial charge is 0.383 e. The number of methoxy groups -OCH3 is 1. The van der Waals surface area contributed by atoms with Crippen LogP contribution in [-0.4, -0.2) is 44.9 Å². The number of rotatable bonds is 9. The molecule has 1 aromatic carbocycles. The fourth-order valence-electron chi connectivity index (χ4n) is 1.47. The predicted molar refractivity (Wildman–Crippen MR) is 81.6 cm³/mol. The van der Waals surface area contributed by atoms with E-state index < -0.39 is 6.43 Å². The lowest BCUT2D eigenvalue weighted by Gasteiger charge is -2.12. The van der Waals surface area contributed by atoms with E-state index in [1.54, 1.807) is 25.3 Å². The summed E-state index contributed by atoms with van der Waals surface area (Å²) in [5.74, 6) is -0.647. The molecule has 0 spiro atoms. The zero-order chi connectivity index (χ0) is 15.7. The number of carbonyl (C=O) groups excluding carboxylic acids is 1. The van der Waals surface area contributed by atoms with Crippen molar-refractivity contribution in [1.82, 2.24) is 5.32 Å². The summed E-state index contributed by atoms with van der Waals surface area (Å²) in [6.45, 7) is 1.15. The SMILES string of the molecule is COCCNCC(=O)Nc1cccc(Cl)c1SCC(F)F. The standard InChI is InChI=1S/C13H17ClF2N2O2S/c1-20-6-5-17-7-12(19)18-10-4-2-3-9(14)13(10)21-8-11(15)16/h2-4,11,17H,5-8H2,1H3,(H,18,19). The lowest BCUT2D eigenvalue weighted by molar-refractivity contribution is -0.115. The molecule has 0 radical (unpaired) electrons. The Morgan fingerprint density at radius 1 is 1.48 bits per heavy atom. The number of anilines is 1. The van der Waals surface area contributed by atoms with E-state index in [0.717, 1.165) is 11.8 Å². The van der Waals surface area contributed by atoms with Gasteiger partial charge >= 0.3 is 0 Å².